The molecule has 0 saturated heterocycles. The van der Waals surface area contributed by atoms with E-state index in [4.69, 9.17) is 5.73 Å². The second-order valence-corrected chi connectivity index (χ2v) is 6.13. The fourth-order valence-corrected chi connectivity index (χ4v) is 2.91. The van der Waals surface area contributed by atoms with E-state index in [0.717, 1.165) is 11.1 Å². The predicted molar refractivity (Wildman–Crippen MR) is 90.2 cm³/mol. The van der Waals surface area contributed by atoms with Crippen LogP contribution < -0.4 is 5.73 Å². The first-order valence-electron chi connectivity index (χ1n) is 7.63. The summed E-state index contributed by atoms with van der Waals surface area (Å²) in [5, 5.41) is 0. The first kappa shape index (κ1) is 16.8. The number of H-pyrrole nitrogens is 1. The molecule has 0 fully saturated rings. The summed E-state index contributed by atoms with van der Waals surface area (Å²) in [6, 6.07) is 9.51. The minimum Gasteiger partial charge on any atom is -0.366 e. The molecule has 1 aromatic heterocycles. The summed E-state index contributed by atoms with van der Waals surface area (Å²) in [5.41, 5.74) is 8.18. The van der Waals surface area contributed by atoms with Crippen molar-refractivity contribution in [2.75, 3.05) is 7.05 Å². The highest BCUT2D eigenvalue weighted by Crippen LogP contribution is 2.30. The van der Waals surface area contributed by atoms with Crippen LogP contribution in [-0.2, 0) is 0 Å². The third kappa shape index (κ3) is 3.44. The van der Waals surface area contributed by atoms with Crippen molar-refractivity contribution in [3.05, 3.63) is 58.9 Å². The van der Waals surface area contributed by atoms with Gasteiger partial charge in [0.2, 0.25) is 5.91 Å². The summed E-state index contributed by atoms with van der Waals surface area (Å²) in [6.45, 7) is 6.22. The number of aryl methyl sites for hydroxylation is 1. The predicted octanol–water partition coefficient (Wildman–Crippen LogP) is 2.89. The molecule has 2 amide bonds. The Bertz CT molecular complexity index is 719. The first-order chi connectivity index (χ1) is 10.8. The summed E-state index contributed by atoms with van der Waals surface area (Å²) in [7, 11) is 1.78. The molecule has 1 atom stereocenters. The topological polar surface area (TPSA) is 79.2 Å². The van der Waals surface area contributed by atoms with E-state index in [1.54, 1.807) is 11.9 Å². The van der Waals surface area contributed by atoms with E-state index < -0.39 is 5.91 Å². The Labute approximate surface area is 136 Å². The SMILES string of the molecule is Cc1ccccc1[C@@H](C(C)C)N(C)C(=O)c1cc(C(N)=O)c[nH]1. The molecular formula is C18H23N3O2. The van der Waals surface area contributed by atoms with Gasteiger partial charge in [-0.3, -0.25) is 9.59 Å². The Hall–Kier alpha value is -2.56. The Morgan fingerprint density at radius 3 is 2.39 bits per heavy atom. The molecule has 2 aromatic rings. The lowest BCUT2D eigenvalue weighted by Gasteiger charge is -2.32. The largest absolute Gasteiger partial charge is 0.366 e. The minimum absolute atomic E-state index is 0.0518. The van der Waals surface area contributed by atoms with Crippen molar-refractivity contribution in [2.45, 2.75) is 26.8 Å². The number of hydrogen-bond acceptors (Lipinski definition) is 2. The number of carbonyl (C=O) groups is 2. The highest BCUT2D eigenvalue weighted by atomic mass is 16.2. The van der Waals surface area contributed by atoms with Crippen molar-refractivity contribution >= 4 is 11.8 Å². The second-order valence-electron chi connectivity index (χ2n) is 6.13. The Balaban J connectivity index is 2.34. The van der Waals surface area contributed by atoms with Crippen molar-refractivity contribution in [1.82, 2.24) is 9.88 Å². The summed E-state index contributed by atoms with van der Waals surface area (Å²) in [6.07, 6.45) is 1.46. The molecule has 1 aromatic carbocycles. The molecule has 0 aliphatic carbocycles. The van der Waals surface area contributed by atoms with Crippen LogP contribution in [-0.4, -0.2) is 28.7 Å². The molecule has 1 heterocycles. The minimum atomic E-state index is -0.553. The zero-order chi connectivity index (χ0) is 17.1. The van der Waals surface area contributed by atoms with E-state index in [0.29, 0.717) is 11.3 Å². The molecule has 5 nitrogen and oxygen atoms in total. The standard InChI is InChI=1S/C18H23N3O2/c1-11(2)16(14-8-6-5-7-12(14)3)21(4)18(23)15-9-13(10-20-15)17(19)22/h5-11,16,20H,1-4H3,(H2,19,22)/t16-/m1/s1. The van der Waals surface area contributed by atoms with Crippen molar-refractivity contribution in [1.29, 1.82) is 0 Å². The smallest absolute Gasteiger partial charge is 0.270 e. The molecule has 5 heteroatoms. The van der Waals surface area contributed by atoms with E-state index >= 15 is 0 Å². The quantitative estimate of drug-likeness (QED) is 0.890. The molecule has 0 unspecified atom stereocenters. The van der Waals surface area contributed by atoms with Gasteiger partial charge >= 0.3 is 0 Å². The number of rotatable bonds is 5. The van der Waals surface area contributed by atoms with Gasteiger partial charge in [0.1, 0.15) is 5.69 Å². The van der Waals surface area contributed by atoms with Crippen molar-refractivity contribution in [2.24, 2.45) is 11.7 Å². The summed E-state index contributed by atoms with van der Waals surface area (Å²) >= 11 is 0. The van der Waals surface area contributed by atoms with Crippen LogP contribution in [0, 0.1) is 12.8 Å². The van der Waals surface area contributed by atoms with Crippen LogP contribution >= 0.6 is 0 Å². The first-order valence-corrected chi connectivity index (χ1v) is 7.63. The number of aromatic nitrogens is 1. The van der Waals surface area contributed by atoms with Gasteiger partial charge in [-0.15, -0.1) is 0 Å². The van der Waals surface area contributed by atoms with Crippen molar-refractivity contribution in [3.8, 4) is 0 Å². The number of primary amides is 1. The lowest BCUT2D eigenvalue weighted by Crippen LogP contribution is -2.34. The van der Waals surface area contributed by atoms with Gasteiger partial charge in [-0.25, -0.2) is 0 Å². The number of nitrogens with zero attached hydrogens (tertiary/aromatic N) is 1. The van der Waals surface area contributed by atoms with Gasteiger partial charge in [0, 0.05) is 13.2 Å². The lowest BCUT2D eigenvalue weighted by atomic mass is 9.91. The van der Waals surface area contributed by atoms with Crippen LogP contribution in [0.15, 0.2) is 36.5 Å². The monoisotopic (exact) mass is 313 g/mol. The molecule has 0 radical (unpaired) electrons. The summed E-state index contributed by atoms with van der Waals surface area (Å²) < 4.78 is 0. The summed E-state index contributed by atoms with van der Waals surface area (Å²) in [4.78, 5) is 28.5. The van der Waals surface area contributed by atoms with Crippen molar-refractivity contribution in [3.63, 3.8) is 0 Å². The number of nitrogens with two attached hydrogens (primary N) is 1. The molecule has 122 valence electrons. The van der Waals surface area contributed by atoms with Crippen LogP contribution in [0.25, 0.3) is 0 Å². The molecular weight excluding hydrogens is 290 g/mol. The molecule has 0 bridgehead atoms. The average Bonchev–Trinajstić information content (AvgIpc) is 2.98. The Morgan fingerprint density at radius 1 is 1.22 bits per heavy atom. The number of nitrogens with one attached hydrogen (secondary N) is 1. The maximum Gasteiger partial charge on any atom is 0.270 e. The average molecular weight is 313 g/mol. The normalized spacial score (nSPS) is 12.2. The number of hydrogen-bond donors (Lipinski definition) is 2. The van der Waals surface area contributed by atoms with E-state index in [2.05, 4.69) is 18.8 Å². The Morgan fingerprint density at radius 2 is 1.87 bits per heavy atom. The van der Waals surface area contributed by atoms with E-state index in [1.807, 2.05) is 31.2 Å². The highest BCUT2D eigenvalue weighted by Gasteiger charge is 2.27. The fourth-order valence-electron chi connectivity index (χ4n) is 2.91. The Kier molecular flexibility index (Phi) is 4.89. The van der Waals surface area contributed by atoms with Gasteiger partial charge in [0.15, 0.2) is 0 Å². The number of benzene rings is 1. The highest BCUT2D eigenvalue weighted by molar-refractivity contribution is 5.98. The number of carbonyl (C=O) groups excluding carboxylic acids is 2. The van der Waals surface area contributed by atoms with Crippen LogP contribution in [0.1, 0.15) is 51.9 Å². The third-order valence-electron chi connectivity index (χ3n) is 4.07. The molecule has 2 rings (SSSR count). The van der Waals surface area contributed by atoms with Gasteiger partial charge in [-0.2, -0.15) is 0 Å². The molecule has 0 aliphatic heterocycles. The van der Waals surface area contributed by atoms with Crippen LogP contribution in [0.4, 0.5) is 0 Å². The second kappa shape index (κ2) is 6.69. The maximum absolute atomic E-state index is 12.8. The number of amides is 2. The maximum atomic E-state index is 12.8. The van der Waals surface area contributed by atoms with Crippen LogP contribution in [0.2, 0.25) is 0 Å². The number of aromatic amines is 1. The van der Waals surface area contributed by atoms with Crippen LogP contribution in [0.5, 0.6) is 0 Å². The third-order valence-corrected chi connectivity index (χ3v) is 4.07. The fraction of sp³-hybridized carbons (Fsp3) is 0.333. The van der Waals surface area contributed by atoms with Gasteiger partial charge in [0.25, 0.3) is 5.91 Å². The van der Waals surface area contributed by atoms with Crippen molar-refractivity contribution < 1.29 is 9.59 Å². The molecule has 23 heavy (non-hydrogen) atoms. The summed E-state index contributed by atoms with van der Waals surface area (Å²) in [5.74, 6) is -0.475. The molecule has 0 aliphatic rings. The zero-order valence-corrected chi connectivity index (χ0v) is 14.0. The van der Waals surface area contributed by atoms with Gasteiger partial charge < -0.3 is 15.6 Å². The molecule has 0 spiro atoms. The van der Waals surface area contributed by atoms with E-state index in [9.17, 15) is 9.59 Å². The van der Waals surface area contributed by atoms with Gasteiger partial charge in [0.05, 0.1) is 11.6 Å². The molecule has 0 saturated carbocycles. The van der Waals surface area contributed by atoms with E-state index in [-0.39, 0.29) is 17.9 Å². The molecule has 3 N–H and O–H groups in total. The van der Waals surface area contributed by atoms with Crippen LogP contribution in [0.3, 0.4) is 0 Å². The van der Waals surface area contributed by atoms with E-state index in [1.165, 1.54) is 12.3 Å². The lowest BCUT2D eigenvalue weighted by molar-refractivity contribution is 0.0681. The zero-order valence-electron chi connectivity index (χ0n) is 14.0. The van der Waals surface area contributed by atoms with Gasteiger partial charge in [-0.1, -0.05) is 38.1 Å². The van der Waals surface area contributed by atoms with Gasteiger partial charge in [-0.05, 0) is 30.0 Å².